The molecule has 0 spiro atoms. The monoisotopic (exact) mass is 238 g/mol. The first-order chi connectivity index (χ1) is 8.75. The first kappa shape index (κ1) is 12.0. The fourth-order valence-corrected chi connectivity index (χ4v) is 1.46. The van der Waals surface area contributed by atoms with Gasteiger partial charge in [-0.1, -0.05) is 35.9 Å². The number of pyridine rings is 1. The van der Waals surface area contributed by atoms with Crippen LogP contribution in [0.3, 0.4) is 0 Å². The third-order valence-corrected chi connectivity index (χ3v) is 2.47. The summed E-state index contributed by atoms with van der Waals surface area (Å²) in [5.74, 6) is 0.684. The molecule has 0 saturated carbocycles. The number of nitrogens with one attached hydrogen (secondary N) is 1. The van der Waals surface area contributed by atoms with Crippen molar-refractivity contribution in [2.45, 2.75) is 6.92 Å². The molecule has 0 aliphatic heterocycles. The van der Waals surface area contributed by atoms with Crippen LogP contribution >= 0.6 is 0 Å². The van der Waals surface area contributed by atoms with Gasteiger partial charge in [-0.15, -0.1) is 0 Å². The SMILES string of the molecule is Cc1ccc(C(=O)/C=C/Nc2ccccn2)cc1. The second-order valence-corrected chi connectivity index (χ2v) is 3.92. The summed E-state index contributed by atoms with van der Waals surface area (Å²) in [4.78, 5) is 15.9. The number of hydrogen-bond acceptors (Lipinski definition) is 3. The smallest absolute Gasteiger partial charge is 0.187 e. The highest BCUT2D eigenvalue weighted by Crippen LogP contribution is 2.05. The number of benzene rings is 1. The number of carbonyl (C=O) groups excluding carboxylic acids is 1. The Morgan fingerprint density at radius 2 is 1.94 bits per heavy atom. The number of hydrogen-bond donors (Lipinski definition) is 1. The third-order valence-electron chi connectivity index (χ3n) is 2.47. The Morgan fingerprint density at radius 1 is 1.17 bits per heavy atom. The lowest BCUT2D eigenvalue weighted by Gasteiger charge is -1.98. The summed E-state index contributed by atoms with van der Waals surface area (Å²) in [6.45, 7) is 1.99. The Morgan fingerprint density at radius 3 is 2.61 bits per heavy atom. The maximum atomic E-state index is 11.8. The highest BCUT2D eigenvalue weighted by atomic mass is 16.1. The van der Waals surface area contributed by atoms with E-state index in [0.717, 1.165) is 5.56 Å². The number of aromatic nitrogens is 1. The number of aryl methyl sites for hydroxylation is 1. The zero-order valence-corrected chi connectivity index (χ0v) is 10.1. The molecule has 90 valence electrons. The van der Waals surface area contributed by atoms with E-state index in [2.05, 4.69) is 10.3 Å². The van der Waals surface area contributed by atoms with Crippen LogP contribution in [0.15, 0.2) is 60.9 Å². The maximum absolute atomic E-state index is 11.8. The number of carbonyl (C=O) groups is 1. The van der Waals surface area contributed by atoms with Crippen molar-refractivity contribution in [1.29, 1.82) is 0 Å². The Balaban J connectivity index is 1.97. The van der Waals surface area contributed by atoms with Gasteiger partial charge >= 0.3 is 0 Å². The molecule has 0 amide bonds. The molecule has 2 rings (SSSR count). The lowest BCUT2D eigenvalue weighted by molar-refractivity contribution is 0.104. The van der Waals surface area contributed by atoms with Crippen molar-refractivity contribution in [2.24, 2.45) is 0 Å². The highest BCUT2D eigenvalue weighted by Gasteiger charge is 1.99. The number of allylic oxidation sites excluding steroid dienone is 1. The van der Waals surface area contributed by atoms with E-state index in [1.165, 1.54) is 6.08 Å². The van der Waals surface area contributed by atoms with Crippen molar-refractivity contribution < 1.29 is 4.79 Å². The Labute approximate surface area is 106 Å². The van der Waals surface area contributed by atoms with E-state index in [9.17, 15) is 4.79 Å². The predicted octanol–water partition coefficient (Wildman–Crippen LogP) is 3.20. The van der Waals surface area contributed by atoms with Crippen molar-refractivity contribution >= 4 is 11.6 Å². The van der Waals surface area contributed by atoms with Gasteiger partial charge in [0, 0.05) is 24.0 Å². The molecule has 3 heteroatoms. The molecule has 0 atom stereocenters. The first-order valence-electron chi connectivity index (χ1n) is 5.71. The molecule has 2 aromatic rings. The van der Waals surface area contributed by atoms with Crippen LogP contribution in [0.2, 0.25) is 0 Å². The summed E-state index contributed by atoms with van der Waals surface area (Å²) < 4.78 is 0. The second-order valence-electron chi connectivity index (χ2n) is 3.92. The molecule has 0 bridgehead atoms. The largest absolute Gasteiger partial charge is 0.347 e. The van der Waals surface area contributed by atoms with Crippen molar-refractivity contribution in [3.8, 4) is 0 Å². The van der Waals surface area contributed by atoms with Crippen molar-refractivity contribution in [3.05, 3.63) is 72.1 Å². The van der Waals surface area contributed by atoms with Crippen LogP contribution in [0.5, 0.6) is 0 Å². The standard InChI is InChI=1S/C15H14N2O/c1-12-5-7-13(8-6-12)14(18)9-11-17-15-4-2-3-10-16-15/h2-11H,1H3,(H,16,17)/b11-9+. The van der Waals surface area contributed by atoms with E-state index in [0.29, 0.717) is 11.4 Å². The summed E-state index contributed by atoms with van der Waals surface area (Å²) in [5, 5.41) is 2.94. The quantitative estimate of drug-likeness (QED) is 0.657. The fraction of sp³-hybridized carbons (Fsp3) is 0.0667. The van der Waals surface area contributed by atoms with Crippen LogP contribution < -0.4 is 5.32 Å². The molecule has 3 nitrogen and oxygen atoms in total. The minimum atomic E-state index is -0.0292. The van der Waals surface area contributed by atoms with Gasteiger partial charge in [0.1, 0.15) is 5.82 Å². The number of ketones is 1. The van der Waals surface area contributed by atoms with Gasteiger partial charge in [0.2, 0.25) is 0 Å². The molecule has 0 aliphatic carbocycles. The zero-order valence-electron chi connectivity index (χ0n) is 10.1. The van der Waals surface area contributed by atoms with Crippen LogP contribution in [-0.2, 0) is 0 Å². The zero-order chi connectivity index (χ0) is 12.8. The summed E-state index contributed by atoms with van der Waals surface area (Å²) in [5.41, 5.74) is 1.82. The Bertz CT molecular complexity index is 544. The minimum Gasteiger partial charge on any atom is -0.347 e. The van der Waals surface area contributed by atoms with Gasteiger partial charge in [0.15, 0.2) is 5.78 Å². The number of anilines is 1. The van der Waals surface area contributed by atoms with E-state index in [-0.39, 0.29) is 5.78 Å². The molecule has 1 N–H and O–H groups in total. The normalized spacial score (nSPS) is 10.5. The minimum absolute atomic E-state index is 0.0292. The third kappa shape index (κ3) is 3.28. The van der Waals surface area contributed by atoms with Gasteiger partial charge in [-0.25, -0.2) is 4.98 Å². The van der Waals surface area contributed by atoms with Gasteiger partial charge in [-0.05, 0) is 19.1 Å². The summed E-state index contributed by atoms with van der Waals surface area (Å²) in [6.07, 6.45) is 4.79. The van der Waals surface area contributed by atoms with Gasteiger partial charge in [0.25, 0.3) is 0 Å². The number of rotatable bonds is 4. The number of nitrogens with zero attached hydrogens (tertiary/aromatic N) is 1. The highest BCUT2D eigenvalue weighted by molar-refractivity contribution is 6.04. The van der Waals surface area contributed by atoms with Gasteiger partial charge in [-0.3, -0.25) is 4.79 Å². The molecule has 0 aliphatic rings. The molecular weight excluding hydrogens is 224 g/mol. The fourth-order valence-electron chi connectivity index (χ4n) is 1.46. The Kier molecular flexibility index (Phi) is 3.86. The van der Waals surface area contributed by atoms with E-state index >= 15 is 0 Å². The molecular formula is C15H14N2O. The van der Waals surface area contributed by atoms with Crippen molar-refractivity contribution in [1.82, 2.24) is 4.98 Å². The molecule has 0 saturated heterocycles. The van der Waals surface area contributed by atoms with E-state index in [1.807, 2.05) is 49.4 Å². The molecule has 1 heterocycles. The predicted molar refractivity (Wildman–Crippen MR) is 72.5 cm³/mol. The molecule has 0 unspecified atom stereocenters. The summed E-state index contributed by atoms with van der Waals surface area (Å²) >= 11 is 0. The lowest BCUT2D eigenvalue weighted by Crippen LogP contribution is -1.96. The van der Waals surface area contributed by atoms with Gasteiger partial charge in [0.05, 0.1) is 0 Å². The average Bonchev–Trinajstić information content (AvgIpc) is 2.40. The van der Waals surface area contributed by atoms with Crippen LogP contribution in [-0.4, -0.2) is 10.8 Å². The van der Waals surface area contributed by atoms with Crippen LogP contribution in [0.25, 0.3) is 0 Å². The molecule has 18 heavy (non-hydrogen) atoms. The van der Waals surface area contributed by atoms with Crippen LogP contribution in [0.1, 0.15) is 15.9 Å². The van der Waals surface area contributed by atoms with Crippen LogP contribution in [0, 0.1) is 6.92 Å². The van der Waals surface area contributed by atoms with Gasteiger partial charge in [-0.2, -0.15) is 0 Å². The van der Waals surface area contributed by atoms with Crippen molar-refractivity contribution in [2.75, 3.05) is 5.32 Å². The first-order valence-corrected chi connectivity index (χ1v) is 5.71. The maximum Gasteiger partial charge on any atom is 0.187 e. The van der Waals surface area contributed by atoms with E-state index in [4.69, 9.17) is 0 Å². The molecule has 1 aromatic carbocycles. The van der Waals surface area contributed by atoms with E-state index in [1.54, 1.807) is 12.4 Å². The van der Waals surface area contributed by atoms with Crippen LogP contribution in [0.4, 0.5) is 5.82 Å². The molecule has 0 fully saturated rings. The Hall–Kier alpha value is -2.42. The summed E-state index contributed by atoms with van der Waals surface area (Å²) in [6, 6.07) is 13.0. The second kappa shape index (κ2) is 5.77. The average molecular weight is 238 g/mol. The van der Waals surface area contributed by atoms with E-state index < -0.39 is 0 Å². The van der Waals surface area contributed by atoms with Crippen molar-refractivity contribution in [3.63, 3.8) is 0 Å². The molecule has 0 radical (unpaired) electrons. The lowest BCUT2D eigenvalue weighted by atomic mass is 10.1. The topological polar surface area (TPSA) is 42.0 Å². The molecule has 1 aromatic heterocycles. The summed E-state index contributed by atoms with van der Waals surface area (Å²) in [7, 11) is 0. The van der Waals surface area contributed by atoms with Gasteiger partial charge < -0.3 is 5.32 Å².